The number of piperazine rings is 1. The van der Waals surface area contributed by atoms with Gasteiger partial charge in [0.05, 0.1) is 6.26 Å². The molecule has 43 heavy (non-hydrogen) atoms. The largest absolute Gasteiger partial charge is 0.457 e. The summed E-state index contributed by atoms with van der Waals surface area (Å²) in [7, 11) is -3.33. The number of benzene rings is 2. The average molecular weight is 611 g/mol. The summed E-state index contributed by atoms with van der Waals surface area (Å²) >= 11 is 0. The highest BCUT2D eigenvalue weighted by Gasteiger charge is 2.54. The molecule has 2 amide bonds. The molecule has 3 fully saturated rings. The Kier molecular flexibility index (Phi) is 9.96. The standard InChI is InChI=1S/C33H46N4O5S/c1-3-4-21-37-31(38)30(22-25-9-6-5-7-10-25)34-32(39)33(37)19-8-20-36(24-33)23-26-11-15-28(16-12-26)42-29-17-13-27(14-18-29)35-43(2,40)41/h11-18,25,30,35H,3-10,19-24H2,1-2H3,(H,34,39)/t30-,33?/m0/s1. The molecule has 2 atom stereocenters. The SMILES string of the molecule is CCCCN1C(=O)[C@H](CC2CCCCC2)NC(=O)C12CCCN(Cc1ccc(Oc3ccc(NS(C)(=O)=O)cc3)cc1)C2. The first-order valence-electron chi connectivity index (χ1n) is 15.8. The van der Waals surface area contributed by atoms with Crippen molar-refractivity contribution in [2.45, 2.75) is 89.3 Å². The van der Waals surface area contributed by atoms with Crippen LogP contribution < -0.4 is 14.8 Å². The highest BCUT2D eigenvalue weighted by Crippen LogP contribution is 2.36. The number of sulfonamides is 1. The van der Waals surface area contributed by atoms with E-state index < -0.39 is 21.6 Å². The maximum absolute atomic E-state index is 13.9. The van der Waals surface area contributed by atoms with E-state index in [1.807, 2.05) is 29.2 Å². The van der Waals surface area contributed by atoms with Crippen molar-refractivity contribution in [2.75, 3.05) is 30.6 Å². The summed E-state index contributed by atoms with van der Waals surface area (Å²) in [6.45, 7) is 4.86. The monoisotopic (exact) mass is 610 g/mol. The van der Waals surface area contributed by atoms with Crippen LogP contribution in [0.3, 0.4) is 0 Å². The molecule has 2 aromatic carbocycles. The molecule has 9 nitrogen and oxygen atoms in total. The number of likely N-dealkylation sites (tertiary alicyclic amines) is 1. The predicted molar refractivity (Wildman–Crippen MR) is 168 cm³/mol. The van der Waals surface area contributed by atoms with Gasteiger partial charge in [0.1, 0.15) is 23.1 Å². The summed E-state index contributed by atoms with van der Waals surface area (Å²) in [5.74, 6) is 1.94. The van der Waals surface area contributed by atoms with Crippen LogP contribution in [-0.2, 0) is 26.2 Å². The number of hydrogen-bond acceptors (Lipinski definition) is 6. The second kappa shape index (κ2) is 13.7. The summed E-state index contributed by atoms with van der Waals surface area (Å²) in [4.78, 5) is 32.0. The van der Waals surface area contributed by atoms with Crippen LogP contribution in [0.15, 0.2) is 48.5 Å². The van der Waals surface area contributed by atoms with Crippen LogP contribution in [-0.4, -0.2) is 67.5 Å². The molecule has 3 aliphatic rings. The fraction of sp³-hybridized carbons (Fsp3) is 0.576. The second-order valence-electron chi connectivity index (χ2n) is 12.6. The zero-order valence-corrected chi connectivity index (χ0v) is 26.3. The van der Waals surface area contributed by atoms with Crippen LogP contribution in [0.2, 0.25) is 0 Å². The van der Waals surface area contributed by atoms with Gasteiger partial charge in [0.15, 0.2) is 0 Å². The van der Waals surface area contributed by atoms with Crippen molar-refractivity contribution in [3.8, 4) is 11.5 Å². The molecule has 2 aromatic rings. The van der Waals surface area contributed by atoms with Gasteiger partial charge in [0.25, 0.3) is 0 Å². The number of unbranched alkanes of at least 4 members (excludes halogenated alkanes) is 1. The van der Waals surface area contributed by atoms with Gasteiger partial charge in [0.2, 0.25) is 21.8 Å². The Labute approximate surface area is 256 Å². The minimum atomic E-state index is -3.33. The Morgan fingerprint density at radius 1 is 0.977 bits per heavy atom. The number of ether oxygens (including phenoxy) is 1. The Balaban J connectivity index is 1.23. The van der Waals surface area contributed by atoms with Crippen LogP contribution in [0.4, 0.5) is 5.69 Å². The van der Waals surface area contributed by atoms with E-state index in [9.17, 15) is 18.0 Å². The quantitative estimate of drug-likeness (QED) is 0.358. The van der Waals surface area contributed by atoms with Crippen LogP contribution in [0.25, 0.3) is 0 Å². The molecule has 2 heterocycles. The second-order valence-corrected chi connectivity index (χ2v) is 14.3. The topological polar surface area (TPSA) is 108 Å². The summed E-state index contributed by atoms with van der Waals surface area (Å²) < 4.78 is 31.2. The minimum Gasteiger partial charge on any atom is -0.457 e. The Hall–Kier alpha value is -3.11. The maximum atomic E-state index is 13.9. The smallest absolute Gasteiger partial charge is 0.247 e. The minimum absolute atomic E-state index is 0.0233. The lowest BCUT2D eigenvalue weighted by molar-refractivity contribution is -0.162. The Morgan fingerprint density at radius 3 is 2.30 bits per heavy atom. The summed E-state index contributed by atoms with van der Waals surface area (Å²) in [6.07, 6.45) is 11.4. The molecular weight excluding hydrogens is 564 g/mol. The third-order valence-corrected chi connectivity index (χ3v) is 9.72. The van der Waals surface area contributed by atoms with Crippen molar-refractivity contribution in [1.82, 2.24) is 15.1 Å². The Morgan fingerprint density at radius 2 is 1.65 bits per heavy atom. The molecule has 1 saturated carbocycles. The molecule has 10 heteroatoms. The van der Waals surface area contributed by atoms with Gasteiger partial charge in [-0.25, -0.2) is 8.42 Å². The molecule has 234 valence electrons. The van der Waals surface area contributed by atoms with Crippen LogP contribution >= 0.6 is 0 Å². The first-order valence-corrected chi connectivity index (χ1v) is 17.7. The van der Waals surface area contributed by atoms with Gasteiger partial charge in [-0.2, -0.15) is 0 Å². The van der Waals surface area contributed by atoms with Crippen molar-refractivity contribution in [2.24, 2.45) is 5.92 Å². The predicted octanol–water partition coefficient (Wildman–Crippen LogP) is 5.28. The maximum Gasteiger partial charge on any atom is 0.247 e. The number of piperidine rings is 1. The number of rotatable bonds is 11. The highest BCUT2D eigenvalue weighted by atomic mass is 32.2. The fourth-order valence-electron chi connectivity index (χ4n) is 6.96. The van der Waals surface area contributed by atoms with E-state index in [2.05, 4.69) is 21.9 Å². The first kappa shape index (κ1) is 31.3. The van der Waals surface area contributed by atoms with Gasteiger partial charge < -0.3 is 15.0 Å². The number of anilines is 1. The van der Waals surface area contributed by atoms with Gasteiger partial charge in [-0.3, -0.25) is 19.2 Å². The van der Waals surface area contributed by atoms with Gasteiger partial charge in [-0.15, -0.1) is 0 Å². The molecular formula is C33H46N4O5S. The van der Waals surface area contributed by atoms with Crippen molar-refractivity contribution in [1.29, 1.82) is 0 Å². The highest BCUT2D eigenvalue weighted by molar-refractivity contribution is 7.92. The third kappa shape index (κ3) is 7.89. The van der Waals surface area contributed by atoms with E-state index in [0.717, 1.165) is 56.9 Å². The lowest BCUT2D eigenvalue weighted by Crippen LogP contribution is -2.74. The molecule has 2 saturated heterocycles. The number of nitrogens with one attached hydrogen (secondary N) is 2. The first-order chi connectivity index (χ1) is 20.6. The van der Waals surface area contributed by atoms with E-state index in [1.165, 1.54) is 19.3 Å². The molecule has 1 aliphatic carbocycles. The van der Waals surface area contributed by atoms with Gasteiger partial charge in [0, 0.05) is 25.3 Å². The average Bonchev–Trinajstić information content (AvgIpc) is 2.98. The summed E-state index contributed by atoms with van der Waals surface area (Å²) in [5, 5.41) is 3.20. The van der Waals surface area contributed by atoms with E-state index in [0.29, 0.717) is 49.2 Å². The summed E-state index contributed by atoms with van der Waals surface area (Å²) in [6, 6.07) is 14.2. The number of carbonyl (C=O) groups is 2. The van der Waals surface area contributed by atoms with Crippen molar-refractivity contribution >= 4 is 27.5 Å². The van der Waals surface area contributed by atoms with Gasteiger partial charge in [-0.1, -0.05) is 57.6 Å². The molecule has 0 aromatic heterocycles. The Bertz CT molecular complexity index is 1360. The zero-order chi connectivity index (χ0) is 30.5. The van der Waals surface area contributed by atoms with Crippen LogP contribution in [0, 0.1) is 5.92 Å². The number of hydrogen-bond donors (Lipinski definition) is 2. The summed E-state index contributed by atoms with van der Waals surface area (Å²) in [5.41, 5.74) is 0.773. The van der Waals surface area contributed by atoms with Crippen molar-refractivity contribution in [3.63, 3.8) is 0 Å². The molecule has 5 rings (SSSR count). The van der Waals surface area contributed by atoms with Crippen LogP contribution in [0.1, 0.15) is 76.7 Å². The van der Waals surface area contributed by atoms with Crippen molar-refractivity contribution < 1.29 is 22.7 Å². The molecule has 0 bridgehead atoms. The number of carbonyl (C=O) groups excluding carboxylic acids is 2. The number of nitrogens with zero attached hydrogens (tertiary/aromatic N) is 2. The van der Waals surface area contributed by atoms with E-state index >= 15 is 0 Å². The van der Waals surface area contributed by atoms with Crippen LogP contribution in [0.5, 0.6) is 11.5 Å². The van der Waals surface area contributed by atoms with Gasteiger partial charge in [-0.05, 0) is 80.1 Å². The molecule has 1 unspecified atom stereocenters. The lowest BCUT2D eigenvalue weighted by atomic mass is 9.79. The number of amides is 2. The molecule has 1 spiro atoms. The van der Waals surface area contributed by atoms with E-state index in [4.69, 9.17) is 4.74 Å². The van der Waals surface area contributed by atoms with E-state index in [-0.39, 0.29) is 11.8 Å². The molecule has 0 radical (unpaired) electrons. The zero-order valence-electron chi connectivity index (χ0n) is 25.5. The molecule has 2 aliphatic heterocycles. The molecule has 2 N–H and O–H groups in total. The van der Waals surface area contributed by atoms with E-state index in [1.54, 1.807) is 24.3 Å². The lowest BCUT2D eigenvalue weighted by Gasteiger charge is -2.52. The van der Waals surface area contributed by atoms with Gasteiger partial charge >= 0.3 is 0 Å². The fourth-order valence-corrected chi connectivity index (χ4v) is 7.52. The third-order valence-electron chi connectivity index (χ3n) is 9.11. The van der Waals surface area contributed by atoms with Crippen molar-refractivity contribution in [3.05, 3.63) is 54.1 Å². The normalized spacial score (nSPS) is 23.8.